The van der Waals surface area contributed by atoms with E-state index >= 15 is 0 Å². The minimum atomic E-state index is -1.00. The Kier molecular flexibility index (Phi) is 2.70. The Morgan fingerprint density at radius 1 is 1.35 bits per heavy atom. The molecule has 4 heteroatoms. The van der Waals surface area contributed by atoms with Crippen LogP contribution in [0.25, 0.3) is 0 Å². The van der Waals surface area contributed by atoms with Gasteiger partial charge in [0.2, 0.25) is 0 Å². The number of hydrogen-bond acceptors (Lipinski definition) is 4. The molecule has 2 bridgehead atoms. The van der Waals surface area contributed by atoms with Gasteiger partial charge in [0.05, 0.1) is 11.6 Å². The van der Waals surface area contributed by atoms with Gasteiger partial charge in [0.15, 0.2) is 5.78 Å². The lowest BCUT2D eigenvalue weighted by atomic mass is 9.50. The zero-order chi connectivity index (χ0) is 14.1. The van der Waals surface area contributed by atoms with Gasteiger partial charge in [-0.2, -0.15) is 0 Å². The molecule has 2 heterocycles. The Balaban J connectivity index is 1.92. The molecule has 1 saturated heterocycles. The van der Waals surface area contributed by atoms with Crippen LogP contribution in [0.1, 0.15) is 32.6 Å². The summed E-state index contributed by atoms with van der Waals surface area (Å²) in [6.45, 7) is 4.12. The second-order valence-electron chi connectivity index (χ2n) is 7.10. The SMILES string of the molecule is CC1CC23C4=CCCN2CCCC3C(=O)C(O)C4C1O. The number of carbonyl (C=O) groups is 1. The van der Waals surface area contributed by atoms with Gasteiger partial charge in [-0.25, -0.2) is 0 Å². The Morgan fingerprint density at radius 2 is 2.15 bits per heavy atom. The summed E-state index contributed by atoms with van der Waals surface area (Å²) >= 11 is 0. The second kappa shape index (κ2) is 4.15. The number of nitrogens with zero attached hydrogens (tertiary/aromatic N) is 1. The average Bonchev–Trinajstić information content (AvgIpc) is 2.44. The van der Waals surface area contributed by atoms with Crippen molar-refractivity contribution in [3.05, 3.63) is 11.6 Å². The molecule has 110 valence electrons. The first-order valence-corrected chi connectivity index (χ1v) is 7.93. The Morgan fingerprint density at radius 3 is 2.95 bits per heavy atom. The highest BCUT2D eigenvalue weighted by Gasteiger charge is 2.64. The smallest absolute Gasteiger partial charge is 0.167 e. The summed E-state index contributed by atoms with van der Waals surface area (Å²) < 4.78 is 0. The van der Waals surface area contributed by atoms with E-state index in [1.54, 1.807) is 0 Å². The van der Waals surface area contributed by atoms with E-state index in [1.807, 2.05) is 0 Å². The predicted octanol–water partition coefficient (Wildman–Crippen LogP) is 0.728. The summed E-state index contributed by atoms with van der Waals surface area (Å²) in [4.78, 5) is 15.1. The van der Waals surface area contributed by atoms with Crippen LogP contribution in [0, 0.1) is 17.8 Å². The monoisotopic (exact) mass is 277 g/mol. The van der Waals surface area contributed by atoms with Crippen LogP contribution < -0.4 is 0 Å². The summed E-state index contributed by atoms with van der Waals surface area (Å²) in [5.74, 6) is -0.321. The van der Waals surface area contributed by atoms with Crippen LogP contribution in [0.5, 0.6) is 0 Å². The van der Waals surface area contributed by atoms with Crippen LogP contribution in [0.3, 0.4) is 0 Å². The Bertz CT molecular complexity index is 488. The molecule has 2 aliphatic carbocycles. The molecule has 2 aliphatic heterocycles. The number of piperidine rings is 1. The van der Waals surface area contributed by atoms with Gasteiger partial charge in [-0.15, -0.1) is 0 Å². The van der Waals surface area contributed by atoms with Crippen molar-refractivity contribution in [2.24, 2.45) is 17.8 Å². The molecule has 2 N–H and O–H groups in total. The topological polar surface area (TPSA) is 60.8 Å². The van der Waals surface area contributed by atoms with E-state index in [1.165, 1.54) is 5.57 Å². The molecule has 1 spiro atoms. The molecular weight excluding hydrogens is 254 g/mol. The van der Waals surface area contributed by atoms with Crippen LogP contribution >= 0.6 is 0 Å². The van der Waals surface area contributed by atoms with Crippen molar-refractivity contribution >= 4 is 5.78 Å². The number of aliphatic hydroxyl groups excluding tert-OH is 2. The Labute approximate surface area is 119 Å². The lowest BCUT2D eigenvalue weighted by molar-refractivity contribution is -0.165. The molecule has 6 atom stereocenters. The minimum absolute atomic E-state index is 0.0234. The third-order valence-electron chi connectivity index (χ3n) is 6.24. The molecule has 2 saturated carbocycles. The first-order valence-electron chi connectivity index (χ1n) is 7.93. The molecule has 0 aromatic heterocycles. The molecule has 3 fully saturated rings. The zero-order valence-electron chi connectivity index (χ0n) is 12.0. The van der Waals surface area contributed by atoms with E-state index in [0.717, 1.165) is 38.8 Å². The Hall–Kier alpha value is -0.710. The summed E-state index contributed by atoms with van der Waals surface area (Å²) in [5.41, 5.74) is 0.988. The number of rotatable bonds is 0. The van der Waals surface area contributed by atoms with Crippen molar-refractivity contribution < 1.29 is 15.0 Å². The summed E-state index contributed by atoms with van der Waals surface area (Å²) in [5, 5.41) is 21.0. The number of hydrogen-bond donors (Lipinski definition) is 2. The van der Waals surface area contributed by atoms with Crippen LogP contribution in [-0.4, -0.2) is 51.7 Å². The highest BCUT2D eigenvalue weighted by Crippen LogP contribution is 2.57. The molecule has 0 radical (unpaired) electrons. The van der Waals surface area contributed by atoms with Crippen molar-refractivity contribution in [3.8, 4) is 0 Å². The molecule has 20 heavy (non-hydrogen) atoms. The third-order valence-corrected chi connectivity index (χ3v) is 6.24. The van der Waals surface area contributed by atoms with Gasteiger partial charge in [0.1, 0.15) is 6.10 Å². The number of aliphatic hydroxyl groups is 2. The third kappa shape index (κ3) is 1.35. The fourth-order valence-electron chi connectivity index (χ4n) is 5.47. The van der Waals surface area contributed by atoms with E-state index < -0.39 is 12.2 Å². The molecule has 0 amide bonds. The summed E-state index contributed by atoms with van der Waals surface area (Å²) in [6, 6.07) is 0. The van der Waals surface area contributed by atoms with Crippen molar-refractivity contribution in [2.45, 2.75) is 50.4 Å². The predicted molar refractivity (Wildman–Crippen MR) is 74.0 cm³/mol. The zero-order valence-corrected chi connectivity index (χ0v) is 12.0. The average molecular weight is 277 g/mol. The highest BCUT2D eigenvalue weighted by atomic mass is 16.3. The molecule has 6 unspecified atom stereocenters. The fourth-order valence-corrected chi connectivity index (χ4v) is 5.47. The molecule has 0 aromatic carbocycles. The van der Waals surface area contributed by atoms with Crippen molar-refractivity contribution in [1.82, 2.24) is 4.90 Å². The van der Waals surface area contributed by atoms with Crippen LogP contribution in [0.2, 0.25) is 0 Å². The van der Waals surface area contributed by atoms with E-state index in [0.29, 0.717) is 0 Å². The van der Waals surface area contributed by atoms with Gasteiger partial charge in [-0.3, -0.25) is 9.69 Å². The largest absolute Gasteiger partial charge is 0.392 e. The fraction of sp³-hybridized carbons (Fsp3) is 0.812. The van der Waals surface area contributed by atoms with Gasteiger partial charge < -0.3 is 10.2 Å². The van der Waals surface area contributed by atoms with Gasteiger partial charge in [0.25, 0.3) is 0 Å². The van der Waals surface area contributed by atoms with Crippen LogP contribution in [0.4, 0.5) is 0 Å². The normalized spacial score (nSPS) is 51.5. The first kappa shape index (κ1) is 13.0. The molecule has 0 aromatic rings. The standard InChI is InChI=1S/C16H23NO3/c1-9-8-16-10-4-2-6-17(16)7-3-5-11(16)14(19)15(20)12(10)13(9)18/h4,9,11-13,15,18,20H,2-3,5-8H2,1H3. The van der Waals surface area contributed by atoms with E-state index in [4.69, 9.17) is 0 Å². The number of Topliss-reactive ketones (excluding diaryl/α,β-unsaturated/α-hetero) is 1. The number of carbonyl (C=O) groups excluding carboxylic acids is 1. The minimum Gasteiger partial charge on any atom is -0.392 e. The van der Waals surface area contributed by atoms with Crippen molar-refractivity contribution in [2.75, 3.05) is 13.1 Å². The van der Waals surface area contributed by atoms with Gasteiger partial charge in [-0.05, 0) is 43.7 Å². The van der Waals surface area contributed by atoms with Crippen molar-refractivity contribution in [1.29, 1.82) is 0 Å². The van der Waals surface area contributed by atoms with Gasteiger partial charge >= 0.3 is 0 Å². The first-order chi connectivity index (χ1) is 9.57. The second-order valence-corrected chi connectivity index (χ2v) is 7.10. The van der Waals surface area contributed by atoms with E-state index in [-0.39, 0.29) is 29.1 Å². The molecule has 4 rings (SSSR count). The molecular formula is C16H23NO3. The highest BCUT2D eigenvalue weighted by molar-refractivity contribution is 5.90. The van der Waals surface area contributed by atoms with Gasteiger partial charge in [0, 0.05) is 18.4 Å². The lowest BCUT2D eigenvalue weighted by Crippen LogP contribution is -2.72. The van der Waals surface area contributed by atoms with Gasteiger partial charge in [-0.1, -0.05) is 13.0 Å². The maximum atomic E-state index is 12.6. The maximum Gasteiger partial charge on any atom is 0.167 e. The van der Waals surface area contributed by atoms with Crippen molar-refractivity contribution in [3.63, 3.8) is 0 Å². The summed E-state index contributed by atoms with van der Waals surface area (Å²) in [7, 11) is 0. The van der Waals surface area contributed by atoms with E-state index in [9.17, 15) is 15.0 Å². The maximum absolute atomic E-state index is 12.6. The van der Waals surface area contributed by atoms with Crippen LogP contribution in [-0.2, 0) is 4.79 Å². The molecule has 4 aliphatic rings. The number of ketones is 1. The summed E-state index contributed by atoms with van der Waals surface area (Å²) in [6.07, 6.45) is 4.38. The quantitative estimate of drug-likeness (QED) is 0.641. The molecule has 4 nitrogen and oxygen atoms in total. The van der Waals surface area contributed by atoms with Crippen LogP contribution in [0.15, 0.2) is 11.6 Å². The van der Waals surface area contributed by atoms with E-state index in [2.05, 4.69) is 17.9 Å². The lowest BCUT2D eigenvalue weighted by Gasteiger charge is -2.64.